The molecule has 61 heavy (non-hydrogen) atoms. The highest BCUT2D eigenvalue weighted by molar-refractivity contribution is 7.91. The zero-order chi connectivity index (χ0) is 42.7. The van der Waals surface area contributed by atoms with E-state index in [-0.39, 0.29) is 33.4 Å². The fourth-order valence-electron chi connectivity index (χ4n) is 7.57. The van der Waals surface area contributed by atoms with Gasteiger partial charge in [-0.2, -0.15) is 0 Å². The first-order chi connectivity index (χ1) is 29.3. The van der Waals surface area contributed by atoms with Crippen LogP contribution in [0.15, 0.2) is 125 Å². The van der Waals surface area contributed by atoms with E-state index in [9.17, 15) is 13.2 Å². The predicted octanol–water partition coefficient (Wildman–Crippen LogP) is 5.78. The van der Waals surface area contributed by atoms with Crippen molar-refractivity contribution in [3.8, 4) is 23.0 Å². The van der Waals surface area contributed by atoms with Gasteiger partial charge in [-0.15, -0.1) is 0 Å². The fraction of sp³-hybridized carbons (Fsp3) is 0.250. The topological polar surface area (TPSA) is 195 Å². The van der Waals surface area contributed by atoms with E-state index in [2.05, 4.69) is 20.6 Å². The Labute approximate surface area is 351 Å². The molecule has 4 aliphatic rings. The number of aryl methyl sites for hydroxylation is 1. The highest BCUT2D eigenvalue weighted by Crippen LogP contribution is 2.51. The first-order valence-corrected chi connectivity index (χ1v) is 20.8. The minimum absolute atomic E-state index is 0.0187. The van der Waals surface area contributed by atoms with Crippen molar-refractivity contribution in [3.05, 3.63) is 137 Å². The van der Waals surface area contributed by atoms with Crippen molar-refractivity contribution < 1.29 is 46.4 Å². The molecule has 17 heteroatoms. The summed E-state index contributed by atoms with van der Waals surface area (Å²) in [6.07, 6.45) is 3.63. The average molecular weight is 847 g/mol. The van der Waals surface area contributed by atoms with Gasteiger partial charge >= 0.3 is 5.79 Å². The standard InChI is InChI=1S/C44H42N6O10S/c1-25-8-18-30(19-9-25)61(52,53)31-21-32(36-34(22-31)57-44(60-36,26-10-14-28(54-4)15-11-26)27-12-16-29(55-5)17-13-27)41(51)46-20-6-7-33-37-38(59-43(2,3)58-37)42(56-33)50-24-49-35-39(45)47-23-48-40(35)50/h6-19,21-23,33,37,49H,20,24H2,1-5H3,(H,46,51)(H2,45,47,48)/b7-6+/t33-,37?/m1/s1. The van der Waals surface area contributed by atoms with Crippen LogP contribution in [-0.4, -0.2) is 69.7 Å². The van der Waals surface area contributed by atoms with Gasteiger partial charge in [-0.25, -0.2) is 18.4 Å². The molecule has 0 aliphatic carbocycles. The Bertz CT molecular complexity index is 2660. The summed E-state index contributed by atoms with van der Waals surface area (Å²) in [4.78, 5) is 24.5. The molecule has 0 spiro atoms. The number of methoxy groups -OCH3 is 2. The Morgan fingerprint density at radius 2 is 1.61 bits per heavy atom. The monoisotopic (exact) mass is 846 g/mol. The quantitative estimate of drug-likeness (QED) is 0.135. The number of amides is 1. The van der Waals surface area contributed by atoms with Crippen LogP contribution in [0, 0.1) is 6.92 Å². The van der Waals surface area contributed by atoms with Gasteiger partial charge in [-0.05, 0) is 79.7 Å². The number of carbonyl (C=O) groups is 1. The van der Waals surface area contributed by atoms with E-state index in [1.807, 2.05) is 20.8 Å². The van der Waals surface area contributed by atoms with Crippen LogP contribution in [0.25, 0.3) is 0 Å². The Morgan fingerprint density at radius 3 is 2.26 bits per heavy atom. The maximum absolute atomic E-state index is 14.3. The van der Waals surface area contributed by atoms with Crippen LogP contribution in [0.3, 0.4) is 0 Å². The summed E-state index contributed by atoms with van der Waals surface area (Å²) in [5.74, 6) is -0.136. The molecule has 0 radical (unpaired) electrons. The lowest BCUT2D eigenvalue weighted by atomic mass is 9.97. The van der Waals surface area contributed by atoms with Gasteiger partial charge in [-0.1, -0.05) is 23.8 Å². The number of rotatable bonds is 11. The van der Waals surface area contributed by atoms with Gasteiger partial charge in [0, 0.05) is 37.6 Å². The second-order valence-corrected chi connectivity index (χ2v) is 17.0. The van der Waals surface area contributed by atoms with Crippen LogP contribution in [0.1, 0.15) is 40.9 Å². The summed E-state index contributed by atoms with van der Waals surface area (Å²) in [5, 5.41) is 6.09. The highest BCUT2D eigenvalue weighted by atomic mass is 32.2. The molecule has 0 bridgehead atoms. The van der Waals surface area contributed by atoms with E-state index >= 15 is 0 Å². The number of nitrogens with one attached hydrogen (secondary N) is 2. The molecule has 314 valence electrons. The van der Waals surface area contributed by atoms with E-state index in [0.717, 1.165) is 5.56 Å². The van der Waals surface area contributed by atoms with Crippen LogP contribution in [0.4, 0.5) is 17.3 Å². The van der Waals surface area contributed by atoms with E-state index < -0.39 is 39.5 Å². The molecule has 5 aromatic rings. The molecule has 9 rings (SSSR count). The summed E-state index contributed by atoms with van der Waals surface area (Å²) in [7, 11) is -1.02. The maximum atomic E-state index is 14.3. The van der Waals surface area contributed by atoms with Crippen molar-refractivity contribution in [1.82, 2.24) is 15.3 Å². The highest BCUT2D eigenvalue weighted by Gasteiger charge is 2.52. The number of nitrogen functional groups attached to an aromatic ring is 1. The number of nitrogens with zero attached hydrogens (tertiary/aromatic N) is 3. The van der Waals surface area contributed by atoms with Crippen molar-refractivity contribution in [2.45, 2.75) is 54.3 Å². The number of fused-ring (bicyclic) bond motifs is 3. The predicted molar refractivity (Wildman–Crippen MR) is 222 cm³/mol. The molecular formula is C44H42N6O10S. The molecule has 1 fully saturated rings. The van der Waals surface area contributed by atoms with E-state index in [1.54, 1.807) is 91.9 Å². The molecule has 1 saturated heterocycles. The summed E-state index contributed by atoms with van der Waals surface area (Å²) < 4.78 is 71.5. The molecule has 1 amide bonds. The molecule has 0 saturated carbocycles. The lowest BCUT2D eigenvalue weighted by molar-refractivity contribution is -0.150. The minimum atomic E-state index is -4.14. The maximum Gasteiger partial charge on any atom is 0.305 e. The first kappa shape index (κ1) is 39.5. The van der Waals surface area contributed by atoms with Crippen LogP contribution in [-0.2, 0) is 29.8 Å². The largest absolute Gasteiger partial charge is 0.497 e. The molecular weight excluding hydrogens is 805 g/mol. The Kier molecular flexibility index (Phi) is 9.66. The fourth-order valence-corrected chi connectivity index (χ4v) is 8.87. The number of benzene rings is 4. The third-order valence-corrected chi connectivity index (χ3v) is 12.4. The van der Waals surface area contributed by atoms with Crippen molar-refractivity contribution in [2.75, 3.05) is 43.4 Å². The Hall–Kier alpha value is -6.98. The molecule has 16 nitrogen and oxygen atoms in total. The van der Waals surface area contributed by atoms with Crippen molar-refractivity contribution in [1.29, 1.82) is 0 Å². The van der Waals surface area contributed by atoms with Crippen LogP contribution in [0.5, 0.6) is 23.0 Å². The number of sulfone groups is 1. The van der Waals surface area contributed by atoms with E-state index in [0.29, 0.717) is 58.3 Å². The Balaban J connectivity index is 1.03. The molecule has 5 heterocycles. The van der Waals surface area contributed by atoms with Gasteiger partial charge in [0.1, 0.15) is 23.5 Å². The average Bonchev–Trinajstić information content (AvgIpc) is 4.03. The zero-order valence-corrected chi connectivity index (χ0v) is 34.6. The molecule has 1 unspecified atom stereocenters. The van der Waals surface area contributed by atoms with Gasteiger partial charge in [0.15, 0.2) is 41.1 Å². The van der Waals surface area contributed by atoms with E-state index in [4.69, 9.17) is 38.9 Å². The molecule has 4 aliphatic heterocycles. The number of carbonyl (C=O) groups excluding carboxylic acids is 1. The van der Waals surface area contributed by atoms with Gasteiger partial charge in [0.05, 0.1) is 36.2 Å². The number of anilines is 3. The van der Waals surface area contributed by atoms with Crippen LogP contribution < -0.4 is 40.2 Å². The summed E-state index contributed by atoms with van der Waals surface area (Å²) in [6.45, 7) is 5.81. The third kappa shape index (κ3) is 6.94. The summed E-state index contributed by atoms with van der Waals surface area (Å²) in [6, 6.07) is 23.3. The lowest BCUT2D eigenvalue weighted by Gasteiger charge is -2.29. The van der Waals surface area contributed by atoms with Crippen molar-refractivity contribution in [3.63, 3.8) is 0 Å². The van der Waals surface area contributed by atoms with Crippen molar-refractivity contribution in [2.24, 2.45) is 0 Å². The van der Waals surface area contributed by atoms with Gasteiger partial charge in [-0.3, -0.25) is 9.69 Å². The zero-order valence-electron chi connectivity index (χ0n) is 33.8. The van der Waals surface area contributed by atoms with Gasteiger partial charge in [0.2, 0.25) is 21.5 Å². The van der Waals surface area contributed by atoms with Crippen molar-refractivity contribution >= 4 is 33.1 Å². The number of nitrogens with two attached hydrogens (primary N) is 1. The molecule has 1 aromatic heterocycles. The van der Waals surface area contributed by atoms with Gasteiger partial charge < -0.3 is 49.5 Å². The summed E-state index contributed by atoms with van der Waals surface area (Å²) >= 11 is 0. The van der Waals surface area contributed by atoms with Gasteiger partial charge in [0.25, 0.3) is 5.91 Å². The second-order valence-electron chi connectivity index (χ2n) is 15.0. The second kappa shape index (κ2) is 14.9. The molecule has 4 N–H and O–H groups in total. The summed E-state index contributed by atoms with van der Waals surface area (Å²) in [5.41, 5.74) is 8.61. The number of hydrogen-bond donors (Lipinski definition) is 3. The van der Waals surface area contributed by atoms with Crippen LogP contribution >= 0.6 is 0 Å². The minimum Gasteiger partial charge on any atom is -0.497 e. The lowest BCUT2D eigenvalue weighted by Crippen LogP contribution is -2.37. The first-order valence-electron chi connectivity index (χ1n) is 19.3. The molecule has 2 atom stereocenters. The van der Waals surface area contributed by atoms with E-state index in [1.165, 1.54) is 30.6 Å². The number of hydrogen-bond acceptors (Lipinski definition) is 15. The third-order valence-electron chi connectivity index (χ3n) is 10.6. The molecule has 4 aromatic carbocycles. The van der Waals surface area contributed by atoms with Crippen LogP contribution in [0.2, 0.25) is 0 Å². The Morgan fingerprint density at radius 1 is 0.934 bits per heavy atom. The SMILES string of the molecule is COc1ccc(C2(c3ccc(OC)cc3)Oc3cc(S(=O)(=O)c4ccc(C)cc4)cc(C(=O)NC/C=C/[C@H]4OC(N5CNc6c(N)ncnc65)=C5OC(C)(C)OC54)c3O2)cc1. The normalized spacial score (nSPS) is 19.2. The smallest absolute Gasteiger partial charge is 0.305 e. The number of aromatic nitrogens is 2. The number of ether oxygens (including phenoxy) is 7.